The Hall–Kier alpha value is -0.770. The summed E-state index contributed by atoms with van der Waals surface area (Å²) >= 11 is 15.3. The molecule has 0 heterocycles. The fraction of sp³-hybridized carbons (Fsp3) is 0.0769. The van der Waals surface area contributed by atoms with Gasteiger partial charge in [-0.2, -0.15) is 0 Å². The molecule has 1 nitrogen and oxygen atoms in total. The van der Waals surface area contributed by atoms with Crippen LogP contribution in [-0.4, -0.2) is 0 Å². The molecule has 5 heteroatoms. The van der Waals surface area contributed by atoms with E-state index < -0.39 is 0 Å². The molecule has 94 valence electrons. The number of rotatable bonds is 3. The molecule has 0 saturated heterocycles. The summed E-state index contributed by atoms with van der Waals surface area (Å²) in [6.45, 7) is 0.498. The quantitative estimate of drug-likeness (QED) is 0.771. The number of nitrogens with one attached hydrogen (secondary N) is 1. The molecule has 0 aliphatic heterocycles. The van der Waals surface area contributed by atoms with Gasteiger partial charge in [0.05, 0.1) is 15.2 Å². The van der Waals surface area contributed by atoms with Crippen molar-refractivity contribution in [2.75, 3.05) is 5.32 Å². The zero-order chi connectivity index (χ0) is 13.1. The van der Waals surface area contributed by atoms with Gasteiger partial charge in [0, 0.05) is 11.6 Å². The highest BCUT2D eigenvalue weighted by molar-refractivity contribution is 9.10. The van der Waals surface area contributed by atoms with Crippen LogP contribution in [0, 0.1) is 5.82 Å². The molecule has 0 aliphatic carbocycles. The van der Waals surface area contributed by atoms with Crippen molar-refractivity contribution in [2.24, 2.45) is 0 Å². The van der Waals surface area contributed by atoms with E-state index in [9.17, 15) is 4.39 Å². The minimum absolute atomic E-state index is 0.340. The molecular formula is C13H9BrCl2FN. The fourth-order valence-electron chi connectivity index (χ4n) is 1.50. The Labute approximate surface area is 123 Å². The van der Waals surface area contributed by atoms with E-state index in [2.05, 4.69) is 21.2 Å². The summed E-state index contributed by atoms with van der Waals surface area (Å²) < 4.78 is 13.7. The van der Waals surface area contributed by atoms with E-state index in [0.717, 1.165) is 15.7 Å². The molecule has 0 fully saturated rings. The van der Waals surface area contributed by atoms with Crippen molar-refractivity contribution in [1.29, 1.82) is 0 Å². The lowest BCUT2D eigenvalue weighted by Gasteiger charge is -2.10. The van der Waals surface area contributed by atoms with Gasteiger partial charge in [-0.1, -0.05) is 35.3 Å². The van der Waals surface area contributed by atoms with Gasteiger partial charge in [0.1, 0.15) is 5.82 Å². The van der Waals surface area contributed by atoms with E-state index >= 15 is 0 Å². The first-order valence-corrected chi connectivity index (χ1v) is 6.74. The standard InChI is InChI=1S/C13H9BrCl2FN/c14-13-10(15)2-1-3-12(13)18-7-8-4-5-9(17)6-11(8)16/h1-6,18H,7H2. The zero-order valence-corrected chi connectivity index (χ0v) is 12.3. The Morgan fingerprint density at radius 3 is 2.61 bits per heavy atom. The average molecular weight is 349 g/mol. The third-order valence-electron chi connectivity index (χ3n) is 2.44. The first kappa shape index (κ1) is 13.7. The predicted molar refractivity (Wildman–Crippen MR) is 77.9 cm³/mol. The largest absolute Gasteiger partial charge is 0.380 e. The molecule has 0 bridgehead atoms. The van der Waals surface area contributed by atoms with Gasteiger partial charge in [-0.05, 0) is 45.8 Å². The van der Waals surface area contributed by atoms with Crippen molar-refractivity contribution in [3.05, 3.63) is 62.3 Å². The summed E-state index contributed by atoms with van der Waals surface area (Å²) in [7, 11) is 0. The Morgan fingerprint density at radius 1 is 1.11 bits per heavy atom. The SMILES string of the molecule is Fc1ccc(CNc2cccc(Cl)c2Br)c(Cl)c1. The van der Waals surface area contributed by atoms with Gasteiger partial charge in [0.25, 0.3) is 0 Å². The molecule has 2 aromatic carbocycles. The number of anilines is 1. The Morgan fingerprint density at radius 2 is 1.89 bits per heavy atom. The second-order valence-corrected chi connectivity index (χ2v) is 5.30. The highest BCUT2D eigenvalue weighted by atomic mass is 79.9. The summed E-state index contributed by atoms with van der Waals surface area (Å²) in [4.78, 5) is 0. The van der Waals surface area contributed by atoms with Gasteiger partial charge in [-0.25, -0.2) is 4.39 Å². The molecule has 1 N–H and O–H groups in total. The third-order valence-corrected chi connectivity index (χ3v) is 4.19. The van der Waals surface area contributed by atoms with Crippen LogP contribution >= 0.6 is 39.1 Å². The predicted octanol–water partition coefficient (Wildman–Crippen LogP) is 5.51. The second-order valence-electron chi connectivity index (χ2n) is 3.69. The van der Waals surface area contributed by atoms with Crippen LogP contribution in [0.4, 0.5) is 10.1 Å². The van der Waals surface area contributed by atoms with Crippen molar-refractivity contribution in [2.45, 2.75) is 6.54 Å². The maximum absolute atomic E-state index is 12.9. The molecular weight excluding hydrogens is 340 g/mol. The van der Waals surface area contributed by atoms with Crippen LogP contribution in [0.15, 0.2) is 40.9 Å². The summed E-state index contributed by atoms with van der Waals surface area (Å²) in [5.41, 5.74) is 1.69. The normalized spacial score (nSPS) is 10.4. The van der Waals surface area contributed by atoms with Gasteiger partial charge < -0.3 is 5.32 Å². The minimum atomic E-state index is -0.340. The Balaban J connectivity index is 2.14. The van der Waals surface area contributed by atoms with Gasteiger partial charge >= 0.3 is 0 Å². The van der Waals surface area contributed by atoms with E-state index in [1.807, 2.05) is 12.1 Å². The molecule has 18 heavy (non-hydrogen) atoms. The molecule has 2 aromatic rings. The summed E-state index contributed by atoms with van der Waals surface area (Å²) in [5, 5.41) is 4.23. The van der Waals surface area contributed by atoms with Gasteiger partial charge in [0.15, 0.2) is 0 Å². The zero-order valence-electron chi connectivity index (χ0n) is 9.18. The molecule has 0 atom stereocenters. The van der Waals surface area contributed by atoms with Gasteiger partial charge in [0.2, 0.25) is 0 Å². The van der Waals surface area contributed by atoms with E-state index in [4.69, 9.17) is 23.2 Å². The lowest BCUT2D eigenvalue weighted by atomic mass is 10.2. The number of benzene rings is 2. The lowest BCUT2D eigenvalue weighted by molar-refractivity contribution is 0.627. The summed E-state index contributed by atoms with van der Waals surface area (Å²) in [6, 6.07) is 9.88. The molecule has 0 aromatic heterocycles. The third kappa shape index (κ3) is 3.16. The summed E-state index contributed by atoms with van der Waals surface area (Å²) in [5.74, 6) is -0.340. The minimum Gasteiger partial charge on any atom is -0.380 e. The van der Waals surface area contributed by atoms with E-state index in [-0.39, 0.29) is 5.82 Å². The first-order chi connectivity index (χ1) is 8.58. The maximum Gasteiger partial charge on any atom is 0.124 e. The van der Waals surface area contributed by atoms with Crippen LogP contribution < -0.4 is 5.32 Å². The van der Waals surface area contributed by atoms with Crippen LogP contribution in [0.5, 0.6) is 0 Å². The molecule has 2 rings (SSSR count). The van der Waals surface area contributed by atoms with Crippen molar-refractivity contribution in [1.82, 2.24) is 0 Å². The molecule has 0 unspecified atom stereocenters. The van der Waals surface area contributed by atoms with Crippen molar-refractivity contribution < 1.29 is 4.39 Å². The van der Waals surface area contributed by atoms with Crippen molar-refractivity contribution in [3.8, 4) is 0 Å². The molecule has 0 amide bonds. The molecule has 0 saturated carbocycles. The molecule has 0 aliphatic rings. The van der Waals surface area contributed by atoms with Crippen LogP contribution in [0.2, 0.25) is 10.0 Å². The fourth-order valence-corrected chi connectivity index (χ4v) is 2.31. The smallest absolute Gasteiger partial charge is 0.124 e. The number of hydrogen-bond acceptors (Lipinski definition) is 1. The average Bonchev–Trinajstić information content (AvgIpc) is 2.33. The second kappa shape index (κ2) is 5.91. The van der Waals surface area contributed by atoms with Gasteiger partial charge in [-0.3, -0.25) is 0 Å². The van der Waals surface area contributed by atoms with Gasteiger partial charge in [-0.15, -0.1) is 0 Å². The maximum atomic E-state index is 12.9. The van der Waals surface area contributed by atoms with Crippen molar-refractivity contribution in [3.63, 3.8) is 0 Å². The summed E-state index contributed by atoms with van der Waals surface area (Å²) in [6.07, 6.45) is 0. The van der Waals surface area contributed by atoms with E-state index in [0.29, 0.717) is 16.6 Å². The monoisotopic (exact) mass is 347 g/mol. The number of halogens is 4. The van der Waals surface area contributed by atoms with E-state index in [1.165, 1.54) is 12.1 Å². The van der Waals surface area contributed by atoms with E-state index in [1.54, 1.807) is 12.1 Å². The molecule has 0 radical (unpaired) electrons. The van der Waals surface area contributed by atoms with Crippen LogP contribution in [0.3, 0.4) is 0 Å². The lowest BCUT2D eigenvalue weighted by Crippen LogP contribution is -2.01. The van der Waals surface area contributed by atoms with Crippen LogP contribution in [0.1, 0.15) is 5.56 Å². The molecule has 0 spiro atoms. The Kier molecular flexibility index (Phi) is 4.49. The number of hydrogen-bond donors (Lipinski definition) is 1. The highest BCUT2D eigenvalue weighted by Crippen LogP contribution is 2.30. The Bertz CT molecular complexity index is 575. The van der Waals surface area contributed by atoms with Crippen LogP contribution in [0.25, 0.3) is 0 Å². The first-order valence-electron chi connectivity index (χ1n) is 5.20. The van der Waals surface area contributed by atoms with Crippen molar-refractivity contribution >= 4 is 44.8 Å². The highest BCUT2D eigenvalue weighted by Gasteiger charge is 2.05. The van der Waals surface area contributed by atoms with Crippen LogP contribution in [-0.2, 0) is 6.54 Å². The topological polar surface area (TPSA) is 12.0 Å².